The Balaban J connectivity index is 1.88. The first-order valence-corrected chi connectivity index (χ1v) is 7.74. The lowest BCUT2D eigenvalue weighted by molar-refractivity contribution is 0.0918. The molecule has 0 aliphatic rings. The molecule has 2 aromatic heterocycles. The largest absolute Gasteiger partial charge is 0.340 e. The molecule has 0 fully saturated rings. The third kappa shape index (κ3) is 3.23. The van der Waals surface area contributed by atoms with Crippen LogP contribution in [0.25, 0.3) is 11.0 Å². The molecule has 5 nitrogen and oxygen atoms in total. The zero-order valence-electron chi connectivity index (χ0n) is 13.5. The van der Waals surface area contributed by atoms with Crippen LogP contribution in [-0.4, -0.2) is 20.9 Å². The van der Waals surface area contributed by atoms with Gasteiger partial charge in [0, 0.05) is 5.69 Å². The first kappa shape index (κ1) is 15.2. The van der Waals surface area contributed by atoms with Crippen LogP contribution in [0.15, 0.2) is 42.5 Å². The van der Waals surface area contributed by atoms with Gasteiger partial charge >= 0.3 is 0 Å². The van der Waals surface area contributed by atoms with E-state index in [1.807, 2.05) is 43.3 Å². The second kappa shape index (κ2) is 6.20. The van der Waals surface area contributed by atoms with Crippen molar-refractivity contribution in [3.8, 4) is 0 Å². The highest BCUT2D eigenvalue weighted by Crippen LogP contribution is 2.22. The van der Waals surface area contributed by atoms with Crippen LogP contribution >= 0.6 is 0 Å². The summed E-state index contributed by atoms with van der Waals surface area (Å²) in [5.74, 6) is 0.777. The Kier molecular flexibility index (Phi) is 4.10. The van der Waals surface area contributed by atoms with Gasteiger partial charge in [-0.15, -0.1) is 0 Å². The number of rotatable bonds is 4. The van der Waals surface area contributed by atoms with E-state index in [9.17, 15) is 4.79 Å². The van der Waals surface area contributed by atoms with Crippen LogP contribution < -0.4 is 5.32 Å². The molecule has 0 saturated heterocycles. The van der Waals surface area contributed by atoms with Crippen LogP contribution in [-0.2, 0) is 0 Å². The standard InChI is InChI=1S/C18H20N4O/c1-11(2)16(17-20-13-8-4-5-9-14(13)21-17)22-18(23)15-10-6-7-12(3)19-15/h4-11,16H,1-3H3,(H,20,21)(H,22,23). The van der Waals surface area contributed by atoms with Crippen molar-refractivity contribution in [1.82, 2.24) is 20.3 Å². The van der Waals surface area contributed by atoms with E-state index in [0.29, 0.717) is 5.69 Å². The SMILES string of the molecule is Cc1cccc(C(=O)NC(c2nc3ccccc3[nH]2)C(C)C)n1. The van der Waals surface area contributed by atoms with E-state index in [1.165, 1.54) is 0 Å². The molecule has 1 amide bonds. The second-order valence-corrected chi connectivity index (χ2v) is 6.00. The number of nitrogens with one attached hydrogen (secondary N) is 2. The summed E-state index contributed by atoms with van der Waals surface area (Å²) >= 11 is 0. The number of nitrogens with zero attached hydrogens (tertiary/aromatic N) is 2. The van der Waals surface area contributed by atoms with Crippen LogP contribution in [0.3, 0.4) is 0 Å². The fourth-order valence-corrected chi connectivity index (χ4v) is 2.56. The summed E-state index contributed by atoms with van der Waals surface area (Å²) in [5, 5.41) is 3.04. The molecule has 2 N–H and O–H groups in total. The molecule has 23 heavy (non-hydrogen) atoms. The first-order chi connectivity index (χ1) is 11.0. The quantitative estimate of drug-likeness (QED) is 0.776. The molecule has 0 aliphatic carbocycles. The Bertz CT molecular complexity index is 805. The molecule has 0 saturated carbocycles. The van der Waals surface area contributed by atoms with Crippen molar-refractivity contribution < 1.29 is 4.79 Å². The van der Waals surface area contributed by atoms with E-state index in [2.05, 4.69) is 34.1 Å². The van der Waals surface area contributed by atoms with Gasteiger partial charge in [-0.3, -0.25) is 4.79 Å². The lowest BCUT2D eigenvalue weighted by Crippen LogP contribution is -2.33. The second-order valence-electron chi connectivity index (χ2n) is 6.00. The van der Waals surface area contributed by atoms with Crippen molar-refractivity contribution in [2.75, 3.05) is 0 Å². The van der Waals surface area contributed by atoms with Crippen molar-refractivity contribution in [2.45, 2.75) is 26.8 Å². The number of benzene rings is 1. The lowest BCUT2D eigenvalue weighted by Gasteiger charge is -2.20. The minimum Gasteiger partial charge on any atom is -0.340 e. The smallest absolute Gasteiger partial charge is 0.270 e. The molecule has 2 heterocycles. The van der Waals surface area contributed by atoms with E-state index >= 15 is 0 Å². The Labute approximate surface area is 135 Å². The van der Waals surface area contributed by atoms with Crippen LogP contribution in [0.2, 0.25) is 0 Å². The number of fused-ring (bicyclic) bond motifs is 1. The molecule has 1 aromatic carbocycles. The van der Waals surface area contributed by atoms with Crippen molar-refractivity contribution >= 4 is 16.9 Å². The van der Waals surface area contributed by atoms with E-state index < -0.39 is 0 Å². The van der Waals surface area contributed by atoms with E-state index in [1.54, 1.807) is 6.07 Å². The highest BCUT2D eigenvalue weighted by atomic mass is 16.1. The number of pyridine rings is 1. The van der Waals surface area contributed by atoms with Gasteiger partial charge in [-0.2, -0.15) is 0 Å². The van der Waals surface area contributed by atoms with Gasteiger partial charge in [0.2, 0.25) is 0 Å². The van der Waals surface area contributed by atoms with Gasteiger partial charge < -0.3 is 10.3 Å². The van der Waals surface area contributed by atoms with Crippen LogP contribution in [0.5, 0.6) is 0 Å². The molecular weight excluding hydrogens is 288 g/mol. The summed E-state index contributed by atoms with van der Waals surface area (Å²) in [5.41, 5.74) is 3.11. The molecule has 3 rings (SSSR count). The summed E-state index contributed by atoms with van der Waals surface area (Å²) in [4.78, 5) is 24.7. The van der Waals surface area contributed by atoms with Crippen LogP contribution in [0.1, 0.15) is 41.9 Å². The number of aromatic nitrogens is 3. The number of amides is 1. The van der Waals surface area contributed by atoms with E-state index in [4.69, 9.17) is 0 Å². The number of para-hydroxylation sites is 2. The monoisotopic (exact) mass is 308 g/mol. The van der Waals surface area contributed by atoms with Gasteiger partial charge in [0.25, 0.3) is 5.91 Å². The van der Waals surface area contributed by atoms with Crippen molar-refractivity contribution in [1.29, 1.82) is 0 Å². The zero-order chi connectivity index (χ0) is 16.4. The molecule has 0 bridgehead atoms. The maximum atomic E-state index is 12.5. The van der Waals surface area contributed by atoms with Gasteiger partial charge in [0.15, 0.2) is 0 Å². The maximum Gasteiger partial charge on any atom is 0.270 e. The number of H-pyrrole nitrogens is 1. The first-order valence-electron chi connectivity index (χ1n) is 7.74. The molecule has 1 atom stereocenters. The van der Waals surface area contributed by atoms with Crippen LogP contribution in [0, 0.1) is 12.8 Å². The van der Waals surface area contributed by atoms with Gasteiger partial charge in [-0.25, -0.2) is 9.97 Å². The Morgan fingerprint density at radius 1 is 1.09 bits per heavy atom. The van der Waals surface area contributed by atoms with Gasteiger partial charge in [0.05, 0.1) is 17.1 Å². The van der Waals surface area contributed by atoms with Gasteiger partial charge in [-0.05, 0) is 37.1 Å². The minimum absolute atomic E-state index is 0.187. The normalized spacial score (nSPS) is 12.5. The fraction of sp³-hybridized carbons (Fsp3) is 0.278. The number of hydrogen-bond acceptors (Lipinski definition) is 3. The molecule has 3 aromatic rings. The minimum atomic E-state index is -0.197. The summed E-state index contributed by atoms with van der Waals surface area (Å²) in [7, 11) is 0. The zero-order valence-corrected chi connectivity index (χ0v) is 13.5. The summed E-state index contributed by atoms with van der Waals surface area (Å²) in [6.07, 6.45) is 0. The summed E-state index contributed by atoms with van der Waals surface area (Å²) in [6, 6.07) is 13.1. The molecule has 1 unspecified atom stereocenters. The number of carbonyl (C=O) groups is 1. The predicted molar refractivity (Wildman–Crippen MR) is 90.1 cm³/mol. The average molecular weight is 308 g/mol. The highest BCUT2D eigenvalue weighted by molar-refractivity contribution is 5.92. The van der Waals surface area contributed by atoms with E-state index in [-0.39, 0.29) is 17.9 Å². The maximum absolute atomic E-state index is 12.5. The third-order valence-electron chi connectivity index (χ3n) is 3.78. The number of aryl methyl sites for hydroxylation is 1. The van der Waals surface area contributed by atoms with E-state index in [0.717, 1.165) is 22.6 Å². The topological polar surface area (TPSA) is 70.7 Å². The van der Waals surface area contributed by atoms with Crippen molar-refractivity contribution in [2.24, 2.45) is 5.92 Å². The van der Waals surface area contributed by atoms with Crippen molar-refractivity contribution in [3.63, 3.8) is 0 Å². The lowest BCUT2D eigenvalue weighted by atomic mass is 10.0. The Morgan fingerprint density at radius 3 is 2.57 bits per heavy atom. The number of carbonyl (C=O) groups excluding carboxylic acids is 1. The summed E-state index contributed by atoms with van der Waals surface area (Å²) in [6.45, 7) is 5.99. The van der Waals surface area contributed by atoms with Gasteiger partial charge in [0.1, 0.15) is 11.5 Å². The molecule has 0 spiro atoms. The molecule has 118 valence electrons. The number of imidazole rings is 1. The number of hydrogen-bond donors (Lipinski definition) is 2. The molecule has 0 aliphatic heterocycles. The highest BCUT2D eigenvalue weighted by Gasteiger charge is 2.22. The van der Waals surface area contributed by atoms with Crippen LogP contribution in [0.4, 0.5) is 0 Å². The third-order valence-corrected chi connectivity index (χ3v) is 3.78. The van der Waals surface area contributed by atoms with Crippen molar-refractivity contribution in [3.05, 3.63) is 59.7 Å². The molecule has 0 radical (unpaired) electrons. The number of aromatic amines is 1. The fourth-order valence-electron chi connectivity index (χ4n) is 2.56. The predicted octanol–water partition coefficient (Wildman–Crippen LogP) is 3.39. The Morgan fingerprint density at radius 2 is 1.87 bits per heavy atom. The summed E-state index contributed by atoms with van der Waals surface area (Å²) < 4.78 is 0. The average Bonchev–Trinajstić information content (AvgIpc) is 2.95. The molecular formula is C18H20N4O. The molecule has 5 heteroatoms. The van der Waals surface area contributed by atoms with Gasteiger partial charge in [-0.1, -0.05) is 32.0 Å². The Hall–Kier alpha value is -2.69.